The van der Waals surface area contributed by atoms with Gasteiger partial charge in [-0.3, -0.25) is 9.97 Å². The molecule has 2 rings (SSSR count). The molecule has 106 valence electrons. The standard InChI is InChI=1S/C15H19N3OS/c1-12(11-20-14-4-7-16-8-5-14)18-10-15(19)13-3-2-6-17-9-13/h2-9,12,15,18-19H,10-11H2,1H3. The van der Waals surface area contributed by atoms with Crippen molar-refractivity contribution in [3.05, 3.63) is 54.6 Å². The van der Waals surface area contributed by atoms with Crippen molar-refractivity contribution in [3.63, 3.8) is 0 Å². The lowest BCUT2D eigenvalue weighted by Crippen LogP contribution is -2.32. The van der Waals surface area contributed by atoms with Crippen LogP contribution in [0.3, 0.4) is 0 Å². The van der Waals surface area contributed by atoms with Gasteiger partial charge in [-0.1, -0.05) is 6.07 Å². The largest absolute Gasteiger partial charge is 0.387 e. The first-order valence-corrected chi connectivity index (χ1v) is 7.58. The van der Waals surface area contributed by atoms with E-state index in [1.165, 1.54) is 4.90 Å². The summed E-state index contributed by atoms with van der Waals surface area (Å²) in [4.78, 5) is 9.22. The maximum atomic E-state index is 10.0. The van der Waals surface area contributed by atoms with Crippen LogP contribution >= 0.6 is 11.8 Å². The number of hydrogen-bond acceptors (Lipinski definition) is 5. The van der Waals surface area contributed by atoms with Crippen LogP contribution in [0.25, 0.3) is 0 Å². The summed E-state index contributed by atoms with van der Waals surface area (Å²) in [5.41, 5.74) is 0.842. The molecule has 0 radical (unpaired) electrons. The molecule has 0 aliphatic carbocycles. The zero-order valence-corrected chi connectivity index (χ0v) is 12.3. The van der Waals surface area contributed by atoms with Crippen LogP contribution in [-0.2, 0) is 0 Å². The molecular formula is C15H19N3OS. The summed E-state index contributed by atoms with van der Waals surface area (Å²) in [6.45, 7) is 2.65. The Morgan fingerprint density at radius 1 is 1.20 bits per heavy atom. The van der Waals surface area contributed by atoms with Gasteiger partial charge in [-0.25, -0.2) is 0 Å². The van der Waals surface area contributed by atoms with E-state index in [4.69, 9.17) is 0 Å². The molecule has 2 N–H and O–H groups in total. The number of hydrogen-bond donors (Lipinski definition) is 2. The van der Waals surface area contributed by atoms with E-state index in [1.54, 1.807) is 36.5 Å². The van der Waals surface area contributed by atoms with Crippen molar-refractivity contribution in [2.24, 2.45) is 0 Å². The van der Waals surface area contributed by atoms with Gasteiger partial charge in [0.15, 0.2) is 0 Å². The van der Waals surface area contributed by atoms with Crippen molar-refractivity contribution in [1.29, 1.82) is 0 Å². The van der Waals surface area contributed by atoms with Crippen molar-refractivity contribution < 1.29 is 5.11 Å². The molecular weight excluding hydrogens is 270 g/mol. The second-order valence-electron chi connectivity index (χ2n) is 4.61. The number of thioether (sulfide) groups is 1. The Labute approximate surface area is 123 Å². The highest BCUT2D eigenvalue weighted by Crippen LogP contribution is 2.17. The zero-order valence-electron chi connectivity index (χ0n) is 11.4. The second-order valence-corrected chi connectivity index (χ2v) is 5.70. The van der Waals surface area contributed by atoms with E-state index in [1.807, 2.05) is 24.3 Å². The number of aliphatic hydroxyl groups is 1. The number of aliphatic hydroxyl groups excluding tert-OH is 1. The van der Waals surface area contributed by atoms with Gasteiger partial charge in [-0.2, -0.15) is 0 Å². The number of pyridine rings is 2. The van der Waals surface area contributed by atoms with Crippen molar-refractivity contribution in [2.45, 2.75) is 24.0 Å². The molecule has 2 aromatic rings. The van der Waals surface area contributed by atoms with Crippen LogP contribution in [0, 0.1) is 0 Å². The minimum absolute atomic E-state index is 0.319. The highest BCUT2D eigenvalue weighted by atomic mass is 32.2. The Balaban J connectivity index is 1.71. The molecule has 0 fully saturated rings. The molecule has 5 heteroatoms. The summed E-state index contributed by atoms with van der Waals surface area (Å²) in [5.74, 6) is 0.948. The van der Waals surface area contributed by atoms with E-state index in [2.05, 4.69) is 22.2 Å². The predicted octanol–water partition coefficient (Wildman–Crippen LogP) is 2.28. The Morgan fingerprint density at radius 3 is 2.70 bits per heavy atom. The summed E-state index contributed by atoms with van der Waals surface area (Å²) < 4.78 is 0. The zero-order chi connectivity index (χ0) is 14.2. The van der Waals surface area contributed by atoms with Gasteiger partial charge >= 0.3 is 0 Å². The molecule has 0 aromatic carbocycles. The van der Waals surface area contributed by atoms with E-state index in [0.717, 1.165) is 11.3 Å². The normalized spacial score (nSPS) is 13.9. The van der Waals surface area contributed by atoms with Crippen molar-refractivity contribution >= 4 is 11.8 Å². The maximum Gasteiger partial charge on any atom is 0.0929 e. The van der Waals surface area contributed by atoms with E-state index >= 15 is 0 Å². The van der Waals surface area contributed by atoms with Crippen LogP contribution in [0.1, 0.15) is 18.6 Å². The molecule has 0 saturated carbocycles. The Morgan fingerprint density at radius 2 is 2.00 bits per heavy atom. The van der Waals surface area contributed by atoms with Gasteiger partial charge in [0.25, 0.3) is 0 Å². The van der Waals surface area contributed by atoms with Gasteiger partial charge < -0.3 is 10.4 Å². The lowest BCUT2D eigenvalue weighted by Gasteiger charge is -2.17. The van der Waals surface area contributed by atoms with Crippen LogP contribution in [0.5, 0.6) is 0 Å². The van der Waals surface area contributed by atoms with E-state index in [9.17, 15) is 5.11 Å². The molecule has 0 aliphatic heterocycles. The average molecular weight is 289 g/mol. The fraction of sp³-hybridized carbons (Fsp3) is 0.333. The van der Waals surface area contributed by atoms with Gasteiger partial charge in [-0.15, -0.1) is 11.8 Å². The highest BCUT2D eigenvalue weighted by molar-refractivity contribution is 7.99. The van der Waals surface area contributed by atoms with Crippen LogP contribution in [0.4, 0.5) is 0 Å². The van der Waals surface area contributed by atoms with E-state index < -0.39 is 6.10 Å². The van der Waals surface area contributed by atoms with Crippen molar-refractivity contribution in [1.82, 2.24) is 15.3 Å². The maximum absolute atomic E-state index is 10.0. The molecule has 0 amide bonds. The molecule has 2 unspecified atom stereocenters. The molecule has 0 saturated heterocycles. The Bertz CT molecular complexity index is 495. The molecule has 2 atom stereocenters. The van der Waals surface area contributed by atoms with E-state index in [0.29, 0.717) is 12.6 Å². The first kappa shape index (κ1) is 15.0. The lowest BCUT2D eigenvalue weighted by atomic mass is 10.1. The average Bonchev–Trinajstić information content (AvgIpc) is 2.52. The van der Waals surface area contributed by atoms with Crippen LogP contribution in [-0.4, -0.2) is 33.4 Å². The van der Waals surface area contributed by atoms with Gasteiger partial charge in [-0.05, 0) is 25.1 Å². The first-order valence-electron chi connectivity index (χ1n) is 6.60. The second kappa shape index (κ2) is 7.99. The third-order valence-electron chi connectivity index (χ3n) is 2.88. The molecule has 20 heavy (non-hydrogen) atoms. The lowest BCUT2D eigenvalue weighted by molar-refractivity contribution is 0.171. The number of rotatable bonds is 7. The Hall–Kier alpha value is -1.43. The third kappa shape index (κ3) is 4.92. The molecule has 0 spiro atoms. The SMILES string of the molecule is CC(CSc1ccncc1)NCC(O)c1cccnc1. The predicted molar refractivity (Wildman–Crippen MR) is 81.6 cm³/mol. The van der Waals surface area contributed by atoms with Gasteiger partial charge in [0.2, 0.25) is 0 Å². The number of aromatic nitrogens is 2. The van der Waals surface area contributed by atoms with Gasteiger partial charge in [0.1, 0.15) is 0 Å². The third-order valence-corrected chi connectivity index (χ3v) is 4.15. The van der Waals surface area contributed by atoms with Crippen LogP contribution < -0.4 is 5.32 Å². The summed E-state index contributed by atoms with van der Waals surface area (Å²) in [6, 6.07) is 8.04. The fourth-order valence-electron chi connectivity index (χ4n) is 1.72. The molecule has 0 bridgehead atoms. The van der Waals surface area contributed by atoms with E-state index in [-0.39, 0.29) is 0 Å². The first-order chi connectivity index (χ1) is 9.75. The minimum Gasteiger partial charge on any atom is -0.387 e. The summed E-state index contributed by atoms with van der Waals surface area (Å²) in [7, 11) is 0. The van der Waals surface area contributed by atoms with Gasteiger partial charge in [0.05, 0.1) is 6.10 Å². The summed E-state index contributed by atoms with van der Waals surface area (Å²) in [6.07, 6.45) is 6.48. The molecule has 0 aliphatic rings. The van der Waals surface area contributed by atoms with Crippen molar-refractivity contribution in [3.8, 4) is 0 Å². The minimum atomic E-state index is -0.517. The smallest absolute Gasteiger partial charge is 0.0929 e. The Kier molecular flexibility index (Phi) is 5.98. The quantitative estimate of drug-likeness (QED) is 0.766. The molecule has 2 aromatic heterocycles. The monoisotopic (exact) mass is 289 g/mol. The fourth-order valence-corrected chi connectivity index (χ4v) is 2.59. The van der Waals surface area contributed by atoms with Gasteiger partial charge in [0, 0.05) is 53.6 Å². The summed E-state index contributed by atoms with van der Waals surface area (Å²) in [5, 5.41) is 13.4. The summed E-state index contributed by atoms with van der Waals surface area (Å²) >= 11 is 1.78. The van der Waals surface area contributed by atoms with Crippen LogP contribution in [0.15, 0.2) is 53.9 Å². The van der Waals surface area contributed by atoms with Crippen molar-refractivity contribution in [2.75, 3.05) is 12.3 Å². The topological polar surface area (TPSA) is 58.0 Å². The van der Waals surface area contributed by atoms with Crippen LogP contribution in [0.2, 0.25) is 0 Å². The highest BCUT2D eigenvalue weighted by Gasteiger charge is 2.09. The molecule has 2 heterocycles. The molecule has 4 nitrogen and oxygen atoms in total. The number of nitrogens with zero attached hydrogens (tertiary/aromatic N) is 2. The number of nitrogens with one attached hydrogen (secondary N) is 1.